The van der Waals surface area contributed by atoms with Gasteiger partial charge in [-0.15, -0.1) is 0 Å². The van der Waals surface area contributed by atoms with Gasteiger partial charge in [-0.05, 0) is 40.9 Å². The summed E-state index contributed by atoms with van der Waals surface area (Å²) in [5.74, 6) is -0.342. The van der Waals surface area contributed by atoms with Gasteiger partial charge in [-0.25, -0.2) is 5.43 Å². The van der Waals surface area contributed by atoms with E-state index in [1.165, 1.54) is 0 Å². The number of aryl methyl sites for hydroxylation is 2. The van der Waals surface area contributed by atoms with Crippen LogP contribution >= 0.6 is 15.9 Å². The van der Waals surface area contributed by atoms with Crippen LogP contribution in [-0.4, -0.2) is 21.9 Å². The molecule has 0 fully saturated rings. The van der Waals surface area contributed by atoms with Crippen LogP contribution in [0.1, 0.15) is 27.3 Å². The molecule has 20 heavy (non-hydrogen) atoms. The summed E-state index contributed by atoms with van der Waals surface area (Å²) in [5.41, 5.74) is 5.75. The number of hydrazone groups is 1. The molecule has 0 bridgehead atoms. The van der Waals surface area contributed by atoms with Gasteiger partial charge in [0.2, 0.25) is 0 Å². The van der Waals surface area contributed by atoms with E-state index in [9.17, 15) is 4.79 Å². The number of hydrogen-bond acceptors (Lipinski definition) is 3. The number of aromatic nitrogens is 2. The molecule has 0 spiro atoms. The zero-order valence-electron chi connectivity index (χ0n) is 11.5. The molecule has 1 amide bonds. The van der Waals surface area contributed by atoms with E-state index in [2.05, 4.69) is 31.6 Å². The molecule has 104 valence electrons. The Balaban J connectivity index is 2.09. The van der Waals surface area contributed by atoms with Crippen LogP contribution in [0, 0.1) is 13.8 Å². The third-order valence-corrected chi connectivity index (χ3v) is 3.98. The lowest BCUT2D eigenvalue weighted by molar-refractivity contribution is 0.0948. The van der Waals surface area contributed by atoms with Crippen molar-refractivity contribution < 1.29 is 4.79 Å². The maximum absolute atomic E-state index is 12.0. The molecule has 1 N–H and O–H groups in total. The first-order valence-corrected chi connectivity index (χ1v) is 6.88. The third-order valence-electron chi connectivity index (χ3n) is 3.03. The van der Waals surface area contributed by atoms with Gasteiger partial charge >= 0.3 is 0 Å². The molecule has 0 aliphatic carbocycles. The molecular formula is C14H15BrN4O. The lowest BCUT2D eigenvalue weighted by Crippen LogP contribution is -2.19. The minimum absolute atomic E-state index is 0.326. The second-order valence-corrected chi connectivity index (χ2v) is 5.22. The van der Waals surface area contributed by atoms with Crippen molar-refractivity contribution >= 4 is 28.1 Å². The fraction of sp³-hybridized carbons (Fsp3) is 0.214. The predicted octanol–water partition coefficient (Wildman–Crippen LogP) is 2.56. The fourth-order valence-corrected chi connectivity index (χ4v) is 2.19. The monoisotopic (exact) mass is 334 g/mol. The van der Waals surface area contributed by atoms with Crippen LogP contribution in [-0.2, 0) is 7.05 Å². The zero-order valence-corrected chi connectivity index (χ0v) is 13.1. The van der Waals surface area contributed by atoms with Crippen molar-refractivity contribution in [2.75, 3.05) is 0 Å². The molecule has 0 saturated heterocycles. The van der Waals surface area contributed by atoms with E-state index in [0.717, 1.165) is 16.8 Å². The highest BCUT2D eigenvalue weighted by molar-refractivity contribution is 9.10. The fourth-order valence-electron chi connectivity index (χ4n) is 1.67. The summed E-state index contributed by atoms with van der Waals surface area (Å²) in [6.07, 6.45) is 1.62. The predicted molar refractivity (Wildman–Crippen MR) is 81.9 cm³/mol. The molecule has 2 rings (SSSR count). The van der Waals surface area contributed by atoms with Gasteiger partial charge in [0.05, 0.1) is 16.4 Å². The molecule has 0 aliphatic rings. The van der Waals surface area contributed by atoms with Crippen molar-refractivity contribution in [2.45, 2.75) is 13.8 Å². The van der Waals surface area contributed by atoms with Crippen LogP contribution in [0.3, 0.4) is 0 Å². The Labute approximate surface area is 125 Å². The summed E-state index contributed by atoms with van der Waals surface area (Å²) in [6.45, 7) is 3.87. The molecule has 0 radical (unpaired) electrons. The van der Waals surface area contributed by atoms with E-state index in [-0.39, 0.29) is 5.91 Å². The van der Waals surface area contributed by atoms with Gasteiger partial charge < -0.3 is 0 Å². The number of carbonyl (C=O) groups excluding carboxylic acids is 1. The van der Waals surface area contributed by atoms with Gasteiger partial charge in [0.15, 0.2) is 5.69 Å². The Morgan fingerprint density at radius 2 is 2.10 bits per heavy atom. The van der Waals surface area contributed by atoms with Gasteiger partial charge in [-0.3, -0.25) is 9.48 Å². The van der Waals surface area contributed by atoms with E-state index >= 15 is 0 Å². The zero-order chi connectivity index (χ0) is 14.7. The second-order valence-electron chi connectivity index (χ2n) is 4.43. The first kappa shape index (κ1) is 14.5. The molecule has 0 unspecified atom stereocenters. The first-order chi connectivity index (χ1) is 9.50. The van der Waals surface area contributed by atoms with Gasteiger partial charge in [0.25, 0.3) is 5.91 Å². The number of halogens is 1. The molecule has 1 aromatic carbocycles. The van der Waals surface area contributed by atoms with Crippen molar-refractivity contribution in [1.82, 2.24) is 15.2 Å². The van der Waals surface area contributed by atoms with E-state index in [4.69, 9.17) is 0 Å². The third kappa shape index (κ3) is 2.96. The molecule has 2 aromatic rings. The van der Waals surface area contributed by atoms with Crippen LogP contribution in [0.15, 0.2) is 33.8 Å². The summed E-state index contributed by atoms with van der Waals surface area (Å²) < 4.78 is 2.33. The smallest absolute Gasteiger partial charge is 0.271 e. The Morgan fingerprint density at radius 1 is 1.40 bits per heavy atom. The number of hydrogen-bond donors (Lipinski definition) is 1. The Hall–Kier alpha value is -1.95. The van der Waals surface area contributed by atoms with Crippen molar-refractivity contribution in [1.29, 1.82) is 0 Å². The summed E-state index contributed by atoms with van der Waals surface area (Å²) in [5, 5.41) is 8.10. The SMILES string of the molecule is Cc1ccccc1/C=N\NC(=O)c1nn(C)c(C)c1Br. The lowest BCUT2D eigenvalue weighted by atomic mass is 10.1. The highest BCUT2D eigenvalue weighted by Gasteiger charge is 2.16. The first-order valence-electron chi connectivity index (χ1n) is 6.09. The number of rotatable bonds is 3. The van der Waals surface area contributed by atoms with Crippen molar-refractivity contribution in [2.24, 2.45) is 12.1 Å². The number of carbonyl (C=O) groups is 1. The van der Waals surface area contributed by atoms with Crippen LogP contribution in [0.4, 0.5) is 0 Å². The van der Waals surface area contributed by atoms with Crippen molar-refractivity contribution in [3.05, 3.63) is 51.3 Å². The molecule has 0 aliphatic heterocycles. The van der Waals surface area contributed by atoms with E-state index in [0.29, 0.717) is 10.2 Å². The van der Waals surface area contributed by atoms with Crippen molar-refractivity contribution in [3.8, 4) is 0 Å². The van der Waals surface area contributed by atoms with Gasteiger partial charge in [-0.1, -0.05) is 24.3 Å². The summed E-state index contributed by atoms with van der Waals surface area (Å²) in [7, 11) is 1.79. The van der Waals surface area contributed by atoms with Crippen LogP contribution in [0.25, 0.3) is 0 Å². The Morgan fingerprint density at radius 3 is 2.70 bits per heavy atom. The van der Waals surface area contributed by atoms with Crippen LogP contribution < -0.4 is 5.43 Å². The molecule has 1 heterocycles. The number of nitrogens with one attached hydrogen (secondary N) is 1. The number of nitrogens with zero attached hydrogens (tertiary/aromatic N) is 3. The lowest BCUT2D eigenvalue weighted by Gasteiger charge is -1.99. The number of benzene rings is 1. The minimum atomic E-state index is -0.342. The second kappa shape index (κ2) is 6.00. The quantitative estimate of drug-likeness (QED) is 0.692. The van der Waals surface area contributed by atoms with Crippen LogP contribution in [0.5, 0.6) is 0 Å². The molecule has 0 saturated carbocycles. The summed E-state index contributed by atoms with van der Waals surface area (Å²) >= 11 is 3.35. The molecule has 0 atom stereocenters. The molecular weight excluding hydrogens is 320 g/mol. The topological polar surface area (TPSA) is 59.3 Å². The van der Waals surface area contributed by atoms with Gasteiger partial charge in [0, 0.05) is 7.05 Å². The standard InChI is InChI=1S/C14H15BrN4O/c1-9-6-4-5-7-11(9)8-16-17-14(20)13-12(15)10(2)19(3)18-13/h4-8H,1-3H3,(H,17,20)/b16-8-. The van der Waals surface area contributed by atoms with E-state index < -0.39 is 0 Å². The van der Waals surface area contributed by atoms with Crippen molar-refractivity contribution in [3.63, 3.8) is 0 Å². The Bertz CT molecular complexity index is 676. The van der Waals surface area contributed by atoms with Crippen LogP contribution in [0.2, 0.25) is 0 Å². The van der Waals surface area contributed by atoms with Gasteiger partial charge in [0.1, 0.15) is 0 Å². The molecule has 1 aromatic heterocycles. The van der Waals surface area contributed by atoms with E-state index in [1.807, 2.05) is 38.1 Å². The minimum Gasteiger partial charge on any atom is -0.271 e. The average Bonchev–Trinajstić information content (AvgIpc) is 2.68. The van der Waals surface area contributed by atoms with E-state index in [1.54, 1.807) is 17.9 Å². The maximum atomic E-state index is 12.0. The summed E-state index contributed by atoms with van der Waals surface area (Å²) in [4.78, 5) is 12.0. The number of amides is 1. The molecule has 5 nitrogen and oxygen atoms in total. The average molecular weight is 335 g/mol. The summed E-state index contributed by atoms with van der Waals surface area (Å²) in [6, 6.07) is 7.81. The maximum Gasteiger partial charge on any atom is 0.293 e. The largest absolute Gasteiger partial charge is 0.293 e. The molecule has 6 heteroatoms. The normalized spacial score (nSPS) is 11.0. The Kier molecular flexibility index (Phi) is 4.34. The highest BCUT2D eigenvalue weighted by Crippen LogP contribution is 2.19. The highest BCUT2D eigenvalue weighted by atomic mass is 79.9. The van der Waals surface area contributed by atoms with Gasteiger partial charge in [-0.2, -0.15) is 10.2 Å².